The van der Waals surface area contributed by atoms with Gasteiger partial charge in [-0.2, -0.15) is 0 Å². The van der Waals surface area contributed by atoms with Gasteiger partial charge in [0.1, 0.15) is 5.75 Å². The summed E-state index contributed by atoms with van der Waals surface area (Å²) in [5.41, 5.74) is 2.41. The molecule has 8 nitrogen and oxygen atoms in total. The van der Waals surface area contributed by atoms with Gasteiger partial charge in [0.15, 0.2) is 11.6 Å². The van der Waals surface area contributed by atoms with E-state index in [1.807, 2.05) is 29.5 Å². The Bertz CT molecular complexity index is 1380. The third kappa shape index (κ3) is 3.46. The van der Waals surface area contributed by atoms with E-state index in [4.69, 9.17) is 0 Å². The number of rotatable bonds is 4. The molecule has 3 heterocycles. The minimum absolute atomic E-state index is 0.0180. The topological polar surface area (TPSA) is 92.7 Å². The van der Waals surface area contributed by atoms with Crippen molar-refractivity contribution in [3.63, 3.8) is 0 Å². The largest absolute Gasteiger partial charge is 0.508 e. The van der Waals surface area contributed by atoms with Crippen LogP contribution in [-0.2, 0) is 13.6 Å². The first-order valence-corrected chi connectivity index (χ1v) is 10.8. The number of fused-ring (bicyclic) bond motifs is 3. The lowest BCUT2D eigenvalue weighted by atomic mass is 9.89. The first kappa shape index (κ1) is 20.4. The third-order valence-electron chi connectivity index (χ3n) is 6.42. The molecular formula is C24H25N5O3. The van der Waals surface area contributed by atoms with Crippen molar-refractivity contribution in [3.05, 3.63) is 69.8 Å². The number of carbonyl (C=O) groups excluding carboxylic acids is 1. The van der Waals surface area contributed by atoms with Crippen LogP contribution in [0, 0.1) is 12.8 Å². The Morgan fingerprint density at radius 1 is 1.09 bits per heavy atom. The van der Waals surface area contributed by atoms with Gasteiger partial charge < -0.3 is 5.11 Å². The quantitative estimate of drug-likeness (QED) is 0.500. The zero-order valence-electron chi connectivity index (χ0n) is 18.2. The number of carbonyl (C=O) groups is 1. The second-order valence-corrected chi connectivity index (χ2v) is 8.60. The van der Waals surface area contributed by atoms with E-state index < -0.39 is 0 Å². The number of Topliss-reactive ketones (excluding diaryl/α,β-unsaturated/α-hetero) is 1. The lowest BCUT2D eigenvalue weighted by molar-refractivity contribution is 0.0832. The number of aromatic nitrogens is 4. The summed E-state index contributed by atoms with van der Waals surface area (Å²) < 4.78 is 3.50. The molecule has 8 heteroatoms. The average molecular weight is 431 g/mol. The minimum Gasteiger partial charge on any atom is -0.508 e. The summed E-state index contributed by atoms with van der Waals surface area (Å²) in [5.74, 6) is 1.59. The summed E-state index contributed by atoms with van der Waals surface area (Å²) in [6.45, 7) is 4.14. The molecule has 1 aliphatic rings. The molecule has 5 rings (SSSR count). The molecular weight excluding hydrogens is 406 g/mol. The second-order valence-electron chi connectivity index (χ2n) is 8.60. The van der Waals surface area contributed by atoms with Crippen molar-refractivity contribution < 1.29 is 9.90 Å². The highest BCUT2D eigenvalue weighted by atomic mass is 16.3. The normalized spacial score (nSPS) is 15.6. The summed E-state index contributed by atoms with van der Waals surface area (Å²) >= 11 is 0. The van der Waals surface area contributed by atoms with Crippen molar-refractivity contribution in [2.24, 2.45) is 13.0 Å². The van der Waals surface area contributed by atoms with Gasteiger partial charge >= 0.3 is 0 Å². The summed E-state index contributed by atoms with van der Waals surface area (Å²) in [5, 5.41) is 18.8. The van der Waals surface area contributed by atoms with Crippen LogP contribution in [0.5, 0.6) is 5.75 Å². The van der Waals surface area contributed by atoms with E-state index in [1.54, 1.807) is 35.9 Å². The maximum Gasteiger partial charge on any atom is 0.262 e. The van der Waals surface area contributed by atoms with Crippen LogP contribution in [0.4, 0.5) is 0 Å². The van der Waals surface area contributed by atoms with Gasteiger partial charge in [-0.3, -0.25) is 23.5 Å². The fourth-order valence-electron chi connectivity index (χ4n) is 4.58. The van der Waals surface area contributed by atoms with Crippen molar-refractivity contribution >= 4 is 22.5 Å². The third-order valence-corrected chi connectivity index (χ3v) is 6.42. The fourth-order valence-corrected chi connectivity index (χ4v) is 4.58. The van der Waals surface area contributed by atoms with Crippen molar-refractivity contribution in [1.82, 2.24) is 24.1 Å². The van der Waals surface area contributed by atoms with Crippen molar-refractivity contribution in [1.29, 1.82) is 0 Å². The summed E-state index contributed by atoms with van der Waals surface area (Å²) in [6.07, 6.45) is 1.55. The molecule has 164 valence electrons. The van der Waals surface area contributed by atoms with E-state index in [2.05, 4.69) is 15.1 Å². The second kappa shape index (κ2) is 7.87. The lowest BCUT2D eigenvalue weighted by Gasteiger charge is -2.30. The van der Waals surface area contributed by atoms with E-state index in [0.29, 0.717) is 23.3 Å². The fraction of sp³-hybridized carbons (Fsp3) is 0.333. The molecule has 0 unspecified atom stereocenters. The number of nitrogens with zero attached hydrogens (tertiary/aromatic N) is 5. The van der Waals surface area contributed by atoms with Crippen molar-refractivity contribution in [3.8, 4) is 5.75 Å². The van der Waals surface area contributed by atoms with Gasteiger partial charge in [-0.25, -0.2) is 0 Å². The van der Waals surface area contributed by atoms with Crippen LogP contribution in [0.3, 0.4) is 0 Å². The standard InChI is InChI=1S/C24H25N5O3/c1-15-3-8-20-19(13-15)23(32)27(2)24-26-25-21(29(20)24)14-28-11-9-17(10-12-28)22(31)16-4-6-18(30)7-5-16/h3-8,13,17,30H,9-12,14H2,1-2H3. The summed E-state index contributed by atoms with van der Waals surface area (Å²) in [4.78, 5) is 27.8. The molecule has 0 radical (unpaired) electrons. The Labute approximate surface area is 184 Å². The number of aromatic hydroxyl groups is 1. The van der Waals surface area contributed by atoms with Crippen LogP contribution in [-0.4, -0.2) is 48.0 Å². The molecule has 0 saturated carbocycles. The van der Waals surface area contributed by atoms with Crippen LogP contribution >= 0.6 is 0 Å². The van der Waals surface area contributed by atoms with E-state index >= 15 is 0 Å². The number of likely N-dealkylation sites (tertiary alicyclic amines) is 1. The Morgan fingerprint density at radius 2 is 1.81 bits per heavy atom. The number of ketones is 1. The zero-order valence-corrected chi connectivity index (χ0v) is 18.2. The Balaban J connectivity index is 1.37. The molecule has 1 aliphatic heterocycles. The molecule has 2 aromatic heterocycles. The number of hydrogen-bond acceptors (Lipinski definition) is 6. The van der Waals surface area contributed by atoms with E-state index in [9.17, 15) is 14.7 Å². The smallest absolute Gasteiger partial charge is 0.262 e. The van der Waals surface area contributed by atoms with Crippen LogP contribution in [0.2, 0.25) is 0 Å². The summed E-state index contributed by atoms with van der Waals surface area (Å²) in [7, 11) is 1.72. The Hall–Kier alpha value is -3.52. The molecule has 0 atom stereocenters. The number of phenolic OH excluding ortho intramolecular Hbond substituents is 1. The van der Waals surface area contributed by atoms with Crippen LogP contribution in [0.15, 0.2) is 47.3 Å². The van der Waals surface area contributed by atoms with Gasteiger partial charge in [0.25, 0.3) is 5.56 Å². The maximum atomic E-state index is 12.8. The van der Waals surface area contributed by atoms with Gasteiger partial charge in [-0.05, 0) is 69.3 Å². The van der Waals surface area contributed by atoms with Crippen LogP contribution < -0.4 is 5.56 Å². The maximum absolute atomic E-state index is 12.8. The van der Waals surface area contributed by atoms with Gasteiger partial charge in [0.05, 0.1) is 17.4 Å². The molecule has 1 saturated heterocycles. The Kier molecular flexibility index (Phi) is 5.01. The SMILES string of the molecule is Cc1ccc2c(c1)c(=O)n(C)c1nnc(CN3CCC(C(=O)c4ccc(O)cc4)CC3)n21. The molecule has 32 heavy (non-hydrogen) atoms. The molecule has 0 aliphatic carbocycles. The lowest BCUT2D eigenvalue weighted by Crippen LogP contribution is -2.36. The van der Waals surface area contributed by atoms with E-state index in [0.717, 1.165) is 42.8 Å². The number of benzene rings is 2. The molecule has 0 amide bonds. The van der Waals surface area contributed by atoms with Gasteiger partial charge in [0.2, 0.25) is 5.78 Å². The first-order chi connectivity index (χ1) is 15.4. The highest BCUT2D eigenvalue weighted by Gasteiger charge is 2.27. The monoisotopic (exact) mass is 431 g/mol. The molecule has 2 aromatic carbocycles. The van der Waals surface area contributed by atoms with Crippen LogP contribution in [0.1, 0.15) is 34.6 Å². The van der Waals surface area contributed by atoms with Crippen molar-refractivity contribution in [2.75, 3.05) is 13.1 Å². The molecule has 1 fully saturated rings. The minimum atomic E-state index is -0.0799. The molecule has 0 spiro atoms. The number of hydrogen-bond donors (Lipinski definition) is 1. The van der Waals surface area contributed by atoms with E-state index in [1.165, 1.54) is 0 Å². The highest BCUT2D eigenvalue weighted by Crippen LogP contribution is 2.24. The van der Waals surface area contributed by atoms with E-state index in [-0.39, 0.29) is 23.0 Å². The zero-order chi connectivity index (χ0) is 22.4. The van der Waals surface area contributed by atoms with Crippen molar-refractivity contribution in [2.45, 2.75) is 26.3 Å². The van der Waals surface area contributed by atoms with Gasteiger partial charge in [0, 0.05) is 18.5 Å². The van der Waals surface area contributed by atoms with Gasteiger partial charge in [-0.1, -0.05) is 11.6 Å². The summed E-state index contributed by atoms with van der Waals surface area (Å²) in [6, 6.07) is 12.3. The average Bonchev–Trinajstić information content (AvgIpc) is 3.22. The number of aryl methyl sites for hydroxylation is 2. The predicted molar refractivity (Wildman–Crippen MR) is 121 cm³/mol. The highest BCUT2D eigenvalue weighted by molar-refractivity contribution is 5.98. The molecule has 0 bridgehead atoms. The predicted octanol–water partition coefficient (Wildman–Crippen LogP) is 2.69. The van der Waals surface area contributed by atoms with Gasteiger partial charge in [-0.15, -0.1) is 10.2 Å². The first-order valence-electron chi connectivity index (χ1n) is 10.8. The Morgan fingerprint density at radius 3 is 2.53 bits per heavy atom. The number of piperidine rings is 1. The van der Waals surface area contributed by atoms with Crippen LogP contribution in [0.25, 0.3) is 16.7 Å². The number of phenols is 1. The molecule has 4 aromatic rings. The molecule has 1 N–H and O–H groups in total.